The summed E-state index contributed by atoms with van der Waals surface area (Å²) >= 11 is 0. The Morgan fingerprint density at radius 1 is 0.667 bits per heavy atom. The molecule has 0 aliphatic rings. The van der Waals surface area contributed by atoms with Gasteiger partial charge in [-0.25, -0.2) is 0 Å². The van der Waals surface area contributed by atoms with E-state index in [4.69, 9.17) is 0 Å². The molecule has 2 N–H and O–H groups in total. The van der Waals surface area contributed by atoms with Crippen LogP contribution in [0.25, 0.3) is 0 Å². The van der Waals surface area contributed by atoms with E-state index in [0.29, 0.717) is 0 Å². The second kappa shape index (κ2) is 11.4. The summed E-state index contributed by atoms with van der Waals surface area (Å²) in [5, 5.41) is 5.75. The number of amides is 2. The number of nitrogens with one attached hydrogen (secondary N) is 2. The van der Waals surface area contributed by atoms with E-state index in [0.717, 1.165) is 26.2 Å². The summed E-state index contributed by atoms with van der Waals surface area (Å²) in [7, 11) is 7.96. The molecule has 0 atom stereocenters. The number of carbonyl (C=O) groups excluding carboxylic acids is 2. The standard InChI is InChI=1S/2C9H20N2O/c2*1-9(2,3)8(12)10-6-7-11(4)5/h2*6-7H2,1-5H3,(H,10,12). The normalized spacial score (nSPS) is 11.8. The van der Waals surface area contributed by atoms with Crippen molar-refractivity contribution in [3.05, 3.63) is 0 Å². The lowest BCUT2D eigenvalue weighted by Gasteiger charge is -2.18. The lowest BCUT2D eigenvalue weighted by molar-refractivity contribution is -0.129. The minimum atomic E-state index is -0.272. The molecule has 0 fully saturated rings. The monoisotopic (exact) mass is 344 g/mol. The molecule has 144 valence electrons. The van der Waals surface area contributed by atoms with E-state index in [1.807, 2.05) is 79.5 Å². The summed E-state index contributed by atoms with van der Waals surface area (Å²) in [5.41, 5.74) is -0.543. The van der Waals surface area contributed by atoms with Crippen molar-refractivity contribution < 1.29 is 9.59 Å². The van der Waals surface area contributed by atoms with E-state index in [2.05, 4.69) is 10.6 Å². The summed E-state index contributed by atoms with van der Waals surface area (Å²) in [5.74, 6) is 0.230. The highest BCUT2D eigenvalue weighted by Gasteiger charge is 2.20. The van der Waals surface area contributed by atoms with Crippen molar-refractivity contribution >= 4 is 11.8 Å². The molecule has 0 radical (unpaired) electrons. The van der Waals surface area contributed by atoms with Gasteiger partial charge in [0.15, 0.2) is 0 Å². The topological polar surface area (TPSA) is 64.7 Å². The van der Waals surface area contributed by atoms with Gasteiger partial charge < -0.3 is 20.4 Å². The van der Waals surface area contributed by atoms with Crippen LogP contribution in [0.15, 0.2) is 0 Å². The maximum atomic E-state index is 11.3. The van der Waals surface area contributed by atoms with Crippen molar-refractivity contribution in [1.82, 2.24) is 20.4 Å². The van der Waals surface area contributed by atoms with Crippen molar-refractivity contribution in [3.63, 3.8) is 0 Å². The summed E-state index contributed by atoms with van der Waals surface area (Å²) < 4.78 is 0. The van der Waals surface area contributed by atoms with E-state index in [1.54, 1.807) is 0 Å². The highest BCUT2D eigenvalue weighted by molar-refractivity contribution is 5.81. The second-order valence-electron chi connectivity index (χ2n) is 8.62. The SMILES string of the molecule is CN(C)CCNC(=O)C(C)(C)C.CN(C)CCNC(=O)C(C)(C)C. The van der Waals surface area contributed by atoms with Crippen LogP contribution in [0.2, 0.25) is 0 Å². The van der Waals surface area contributed by atoms with Crippen LogP contribution in [0.4, 0.5) is 0 Å². The molecule has 6 nitrogen and oxygen atoms in total. The molecule has 0 bridgehead atoms. The van der Waals surface area contributed by atoms with Crippen molar-refractivity contribution in [2.45, 2.75) is 41.5 Å². The van der Waals surface area contributed by atoms with Gasteiger partial charge in [0.05, 0.1) is 0 Å². The average Bonchev–Trinajstić information content (AvgIpc) is 2.36. The molecule has 0 aromatic carbocycles. The molecule has 0 unspecified atom stereocenters. The minimum absolute atomic E-state index is 0.115. The number of hydrogen-bond acceptors (Lipinski definition) is 4. The molecule has 6 heteroatoms. The quantitative estimate of drug-likeness (QED) is 0.765. The number of likely N-dealkylation sites (N-methyl/N-ethyl adjacent to an activating group) is 2. The Morgan fingerprint density at radius 2 is 0.917 bits per heavy atom. The zero-order chi connectivity index (χ0) is 19.6. The van der Waals surface area contributed by atoms with Crippen LogP contribution in [0, 0.1) is 10.8 Å². The van der Waals surface area contributed by atoms with Crippen molar-refractivity contribution in [1.29, 1.82) is 0 Å². The Kier molecular flexibility index (Phi) is 11.9. The van der Waals surface area contributed by atoms with Gasteiger partial charge >= 0.3 is 0 Å². The zero-order valence-electron chi connectivity index (χ0n) is 17.5. The molecule has 0 aliphatic carbocycles. The Balaban J connectivity index is 0. The van der Waals surface area contributed by atoms with Crippen LogP contribution in [0.5, 0.6) is 0 Å². The third kappa shape index (κ3) is 15.7. The highest BCUT2D eigenvalue weighted by atomic mass is 16.2. The van der Waals surface area contributed by atoms with Crippen molar-refractivity contribution in [2.24, 2.45) is 10.8 Å². The fourth-order valence-corrected chi connectivity index (χ4v) is 1.32. The molecular weight excluding hydrogens is 304 g/mol. The van der Waals surface area contributed by atoms with Gasteiger partial charge in [-0.2, -0.15) is 0 Å². The van der Waals surface area contributed by atoms with Crippen LogP contribution in [-0.2, 0) is 9.59 Å². The van der Waals surface area contributed by atoms with E-state index in [9.17, 15) is 9.59 Å². The largest absolute Gasteiger partial charge is 0.354 e. The lowest BCUT2D eigenvalue weighted by atomic mass is 9.96. The lowest BCUT2D eigenvalue weighted by Crippen LogP contribution is -2.38. The van der Waals surface area contributed by atoms with E-state index < -0.39 is 0 Å². The van der Waals surface area contributed by atoms with Crippen molar-refractivity contribution in [2.75, 3.05) is 54.4 Å². The maximum Gasteiger partial charge on any atom is 0.225 e. The van der Waals surface area contributed by atoms with E-state index >= 15 is 0 Å². The number of rotatable bonds is 6. The molecule has 0 saturated heterocycles. The number of carbonyl (C=O) groups is 2. The van der Waals surface area contributed by atoms with Gasteiger partial charge in [0.25, 0.3) is 0 Å². The molecule has 24 heavy (non-hydrogen) atoms. The van der Waals surface area contributed by atoms with Crippen LogP contribution < -0.4 is 10.6 Å². The van der Waals surface area contributed by atoms with E-state index in [1.165, 1.54) is 0 Å². The predicted octanol–water partition coefficient (Wildman–Crippen LogP) is 1.42. The smallest absolute Gasteiger partial charge is 0.225 e. The zero-order valence-corrected chi connectivity index (χ0v) is 17.5. The summed E-state index contributed by atoms with van der Waals surface area (Å²) in [4.78, 5) is 26.7. The van der Waals surface area contributed by atoms with Gasteiger partial charge in [-0.05, 0) is 28.2 Å². The van der Waals surface area contributed by atoms with Crippen LogP contribution in [0.3, 0.4) is 0 Å². The average molecular weight is 345 g/mol. The predicted molar refractivity (Wildman–Crippen MR) is 102 cm³/mol. The van der Waals surface area contributed by atoms with Crippen LogP contribution >= 0.6 is 0 Å². The summed E-state index contributed by atoms with van der Waals surface area (Å²) in [6.45, 7) is 14.7. The third-order valence-electron chi connectivity index (χ3n) is 3.05. The van der Waals surface area contributed by atoms with Gasteiger partial charge in [0.2, 0.25) is 11.8 Å². The van der Waals surface area contributed by atoms with Gasteiger partial charge in [-0.15, -0.1) is 0 Å². The molecule has 0 spiro atoms. The summed E-state index contributed by atoms with van der Waals surface area (Å²) in [6.07, 6.45) is 0. The molecule has 0 aromatic heterocycles. The molecule has 0 aliphatic heterocycles. The van der Waals surface area contributed by atoms with Crippen LogP contribution in [0.1, 0.15) is 41.5 Å². The Hall–Kier alpha value is -1.14. The Labute approximate surface area is 149 Å². The fourth-order valence-electron chi connectivity index (χ4n) is 1.32. The molecule has 2 amide bonds. The summed E-state index contributed by atoms with van der Waals surface area (Å²) in [6, 6.07) is 0. The maximum absolute atomic E-state index is 11.3. The number of nitrogens with zero attached hydrogens (tertiary/aromatic N) is 2. The molecule has 0 aromatic rings. The van der Waals surface area contributed by atoms with Gasteiger partial charge in [0.1, 0.15) is 0 Å². The fraction of sp³-hybridized carbons (Fsp3) is 0.889. The third-order valence-corrected chi connectivity index (χ3v) is 3.05. The first kappa shape index (κ1) is 25.1. The molecular formula is C18H40N4O2. The first-order valence-electron chi connectivity index (χ1n) is 8.54. The number of hydrogen-bond donors (Lipinski definition) is 2. The van der Waals surface area contributed by atoms with Crippen molar-refractivity contribution in [3.8, 4) is 0 Å². The van der Waals surface area contributed by atoms with E-state index in [-0.39, 0.29) is 22.6 Å². The van der Waals surface area contributed by atoms with Gasteiger partial charge in [-0.3, -0.25) is 9.59 Å². The van der Waals surface area contributed by atoms with Gasteiger partial charge in [0, 0.05) is 37.0 Å². The Bertz CT molecular complexity index is 330. The molecule has 0 saturated carbocycles. The Morgan fingerprint density at radius 3 is 1.08 bits per heavy atom. The molecule has 0 heterocycles. The molecule has 0 rings (SSSR count). The first-order chi connectivity index (χ1) is 10.7. The minimum Gasteiger partial charge on any atom is -0.354 e. The highest BCUT2D eigenvalue weighted by Crippen LogP contribution is 2.12. The second-order valence-corrected chi connectivity index (χ2v) is 8.62. The first-order valence-corrected chi connectivity index (χ1v) is 8.54. The van der Waals surface area contributed by atoms with Crippen LogP contribution in [-0.4, -0.2) is 76.0 Å². The van der Waals surface area contributed by atoms with Gasteiger partial charge in [-0.1, -0.05) is 41.5 Å².